The van der Waals surface area contributed by atoms with E-state index < -0.39 is 0 Å². The summed E-state index contributed by atoms with van der Waals surface area (Å²) in [4.78, 5) is 14.5. The lowest BCUT2D eigenvalue weighted by molar-refractivity contribution is -0.0658. The van der Waals surface area contributed by atoms with E-state index in [9.17, 15) is 9.90 Å². The Hall–Kier alpha value is -2.53. The molecule has 26 heavy (non-hydrogen) atoms. The molecule has 0 aromatic heterocycles. The van der Waals surface area contributed by atoms with Crippen LogP contribution in [0.4, 0.5) is 4.79 Å². The minimum Gasteiger partial charge on any atom is -0.508 e. The number of aromatic hydroxyl groups is 1. The number of ether oxygens (including phenoxy) is 1. The summed E-state index contributed by atoms with van der Waals surface area (Å²) in [5.74, 6) is 0.250. The monoisotopic (exact) mass is 354 g/mol. The first kappa shape index (κ1) is 18.3. The predicted molar refractivity (Wildman–Crippen MR) is 101 cm³/mol. The molecule has 0 radical (unpaired) electrons. The van der Waals surface area contributed by atoms with E-state index in [1.807, 2.05) is 61.2 Å². The summed E-state index contributed by atoms with van der Waals surface area (Å²) >= 11 is 0. The lowest BCUT2D eigenvalue weighted by atomic mass is 10.1. The van der Waals surface area contributed by atoms with E-state index in [0.29, 0.717) is 19.5 Å². The van der Waals surface area contributed by atoms with Crippen molar-refractivity contribution in [2.75, 3.05) is 13.1 Å². The minimum absolute atomic E-state index is 0.000342. The van der Waals surface area contributed by atoms with Crippen LogP contribution in [0.15, 0.2) is 54.6 Å². The third-order valence-electron chi connectivity index (χ3n) is 4.57. The molecule has 138 valence electrons. The van der Waals surface area contributed by atoms with Crippen LogP contribution in [0, 0.1) is 0 Å². The van der Waals surface area contributed by atoms with Crippen LogP contribution in [0.5, 0.6) is 5.75 Å². The highest BCUT2D eigenvalue weighted by molar-refractivity contribution is 5.74. The number of hydrogen-bond acceptors (Lipinski definition) is 3. The molecule has 0 saturated carbocycles. The summed E-state index contributed by atoms with van der Waals surface area (Å²) in [5, 5.41) is 12.4. The average Bonchev–Trinajstić information content (AvgIpc) is 2.64. The standard InChI is InChI=1S/C21H26N2O3/c1-15(12-17-8-10-19(24)11-9-17)22-21(25)23-13-16(2)26-20(14-23)18-6-4-3-5-7-18/h3-11,15-16,20,24H,12-14H2,1-2H3,(H,22,25)/t15-,16+,20+/m1/s1. The fraction of sp³-hybridized carbons (Fsp3) is 0.381. The molecule has 0 aliphatic carbocycles. The number of phenolic OH excluding ortho intramolecular Hbond substituents is 1. The maximum atomic E-state index is 12.7. The molecule has 1 heterocycles. The van der Waals surface area contributed by atoms with E-state index in [-0.39, 0.29) is 30.0 Å². The quantitative estimate of drug-likeness (QED) is 0.883. The second-order valence-electron chi connectivity index (χ2n) is 6.97. The van der Waals surface area contributed by atoms with Crippen LogP contribution < -0.4 is 5.32 Å². The van der Waals surface area contributed by atoms with Gasteiger partial charge in [0.25, 0.3) is 0 Å². The van der Waals surface area contributed by atoms with E-state index in [4.69, 9.17) is 4.74 Å². The fourth-order valence-corrected chi connectivity index (χ4v) is 3.31. The number of benzene rings is 2. The van der Waals surface area contributed by atoms with E-state index in [1.54, 1.807) is 12.1 Å². The molecule has 0 spiro atoms. The number of urea groups is 1. The molecule has 3 atom stereocenters. The number of amides is 2. The van der Waals surface area contributed by atoms with Crippen LogP contribution in [0.25, 0.3) is 0 Å². The van der Waals surface area contributed by atoms with Gasteiger partial charge in [-0.2, -0.15) is 0 Å². The van der Waals surface area contributed by atoms with Crippen LogP contribution >= 0.6 is 0 Å². The van der Waals surface area contributed by atoms with E-state index >= 15 is 0 Å². The second-order valence-corrected chi connectivity index (χ2v) is 6.97. The van der Waals surface area contributed by atoms with Crippen LogP contribution in [-0.4, -0.2) is 41.3 Å². The van der Waals surface area contributed by atoms with Gasteiger partial charge in [0.1, 0.15) is 11.9 Å². The predicted octanol–water partition coefficient (Wildman–Crippen LogP) is 3.49. The molecule has 0 bridgehead atoms. The van der Waals surface area contributed by atoms with Gasteiger partial charge in [-0.25, -0.2) is 4.79 Å². The van der Waals surface area contributed by atoms with Crippen molar-refractivity contribution in [3.05, 3.63) is 65.7 Å². The molecule has 1 fully saturated rings. The number of carbonyl (C=O) groups is 1. The van der Waals surface area contributed by atoms with Crippen molar-refractivity contribution >= 4 is 6.03 Å². The Labute approximate surface area is 154 Å². The molecule has 5 nitrogen and oxygen atoms in total. The van der Waals surface area contributed by atoms with E-state index in [0.717, 1.165) is 11.1 Å². The maximum Gasteiger partial charge on any atom is 0.317 e. The van der Waals surface area contributed by atoms with Crippen LogP contribution in [0.3, 0.4) is 0 Å². The Morgan fingerprint density at radius 1 is 1.19 bits per heavy atom. The van der Waals surface area contributed by atoms with Gasteiger partial charge in [-0.1, -0.05) is 42.5 Å². The summed E-state index contributed by atoms with van der Waals surface area (Å²) in [7, 11) is 0. The van der Waals surface area contributed by atoms with Gasteiger partial charge in [-0.3, -0.25) is 0 Å². The molecule has 5 heteroatoms. The van der Waals surface area contributed by atoms with Gasteiger partial charge < -0.3 is 20.1 Å². The first-order valence-corrected chi connectivity index (χ1v) is 9.05. The number of carbonyl (C=O) groups excluding carboxylic acids is 1. The van der Waals surface area contributed by atoms with Gasteiger partial charge in [0.2, 0.25) is 0 Å². The van der Waals surface area contributed by atoms with Crippen molar-refractivity contribution in [3.8, 4) is 5.75 Å². The average molecular weight is 354 g/mol. The third kappa shape index (κ3) is 4.76. The van der Waals surface area contributed by atoms with Crippen molar-refractivity contribution in [3.63, 3.8) is 0 Å². The molecule has 2 N–H and O–H groups in total. The molecular weight excluding hydrogens is 328 g/mol. The summed E-state index contributed by atoms with van der Waals surface area (Å²) in [5.41, 5.74) is 2.17. The highest BCUT2D eigenvalue weighted by Crippen LogP contribution is 2.25. The first-order valence-electron chi connectivity index (χ1n) is 9.05. The van der Waals surface area contributed by atoms with Gasteiger partial charge in [-0.05, 0) is 43.5 Å². The van der Waals surface area contributed by atoms with E-state index in [1.165, 1.54) is 0 Å². The first-order chi connectivity index (χ1) is 12.5. The highest BCUT2D eigenvalue weighted by Gasteiger charge is 2.29. The zero-order chi connectivity index (χ0) is 18.5. The van der Waals surface area contributed by atoms with E-state index in [2.05, 4.69) is 5.32 Å². The van der Waals surface area contributed by atoms with Gasteiger partial charge in [0.05, 0.1) is 12.6 Å². The molecule has 0 unspecified atom stereocenters. The summed E-state index contributed by atoms with van der Waals surface area (Å²) in [6.07, 6.45) is 0.610. The zero-order valence-electron chi connectivity index (χ0n) is 15.3. The SMILES string of the molecule is C[C@H](Cc1ccc(O)cc1)NC(=O)N1C[C@@H](c2ccccc2)O[C@@H](C)C1. The number of nitrogens with one attached hydrogen (secondary N) is 1. The van der Waals surface area contributed by atoms with Gasteiger partial charge in [-0.15, -0.1) is 0 Å². The highest BCUT2D eigenvalue weighted by atomic mass is 16.5. The molecule has 2 aromatic rings. The zero-order valence-corrected chi connectivity index (χ0v) is 15.3. The minimum atomic E-state index is -0.0990. The number of phenols is 1. The Morgan fingerprint density at radius 2 is 1.88 bits per heavy atom. The Morgan fingerprint density at radius 3 is 2.58 bits per heavy atom. The smallest absolute Gasteiger partial charge is 0.317 e. The third-order valence-corrected chi connectivity index (χ3v) is 4.57. The van der Waals surface area contributed by atoms with Crippen molar-refractivity contribution in [2.24, 2.45) is 0 Å². The van der Waals surface area contributed by atoms with Crippen LogP contribution in [-0.2, 0) is 11.2 Å². The molecule has 2 aromatic carbocycles. The summed E-state index contributed by atoms with van der Waals surface area (Å²) < 4.78 is 6.02. The molecule has 1 aliphatic rings. The number of nitrogens with zero attached hydrogens (tertiary/aromatic N) is 1. The largest absolute Gasteiger partial charge is 0.508 e. The van der Waals surface area contributed by atoms with Crippen molar-refractivity contribution < 1.29 is 14.6 Å². The van der Waals surface area contributed by atoms with Gasteiger partial charge >= 0.3 is 6.03 Å². The number of rotatable bonds is 4. The van der Waals surface area contributed by atoms with Crippen molar-refractivity contribution in [1.29, 1.82) is 0 Å². The Kier molecular flexibility index (Phi) is 5.78. The molecule has 1 saturated heterocycles. The molecule has 2 amide bonds. The van der Waals surface area contributed by atoms with Gasteiger partial charge in [0.15, 0.2) is 0 Å². The Bertz CT molecular complexity index is 718. The number of morpholine rings is 1. The second kappa shape index (κ2) is 8.23. The molecular formula is C21H26N2O3. The normalized spacial score (nSPS) is 21.2. The summed E-state index contributed by atoms with van der Waals surface area (Å²) in [6.45, 7) is 5.12. The van der Waals surface area contributed by atoms with Crippen LogP contribution in [0.2, 0.25) is 0 Å². The summed E-state index contributed by atoms with van der Waals surface area (Å²) in [6, 6.07) is 17.0. The molecule has 3 rings (SSSR count). The fourth-order valence-electron chi connectivity index (χ4n) is 3.31. The maximum absolute atomic E-state index is 12.7. The lowest BCUT2D eigenvalue weighted by Gasteiger charge is -2.37. The lowest BCUT2D eigenvalue weighted by Crippen LogP contribution is -2.51. The Balaban J connectivity index is 1.58. The number of hydrogen-bond donors (Lipinski definition) is 2. The van der Waals surface area contributed by atoms with Crippen LogP contribution in [0.1, 0.15) is 31.1 Å². The van der Waals surface area contributed by atoms with Crippen molar-refractivity contribution in [1.82, 2.24) is 10.2 Å². The molecule has 1 aliphatic heterocycles. The van der Waals surface area contributed by atoms with Crippen molar-refractivity contribution in [2.45, 2.75) is 38.5 Å². The topological polar surface area (TPSA) is 61.8 Å². The van der Waals surface area contributed by atoms with Gasteiger partial charge in [0, 0.05) is 12.6 Å².